The number of aliphatic imine (C=N–C) groups is 2. The number of ether oxygens (including phenoxy) is 1. The molecule has 45 heavy (non-hydrogen) atoms. The number of nitrogens with one attached hydrogen (secondary N) is 2. The maximum Gasteiger partial charge on any atom is 0.336 e. The number of carbonyl (C=O) groups excluding carboxylic acids is 4. The predicted octanol–water partition coefficient (Wildman–Crippen LogP) is -1.73. The van der Waals surface area contributed by atoms with E-state index < -0.39 is 47.9 Å². The highest BCUT2D eigenvalue weighted by molar-refractivity contribution is 5.95. The molecular formula is C30H44N10O5. The van der Waals surface area contributed by atoms with Gasteiger partial charge in [0.05, 0.1) is 12.1 Å². The highest BCUT2D eigenvalue weighted by Gasteiger charge is 2.31. The van der Waals surface area contributed by atoms with Gasteiger partial charge >= 0.3 is 11.9 Å². The van der Waals surface area contributed by atoms with E-state index in [0.717, 1.165) is 11.1 Å². The lowest BCUT2D eigenvalue weighted by Gasteiger charge is -2.22. The number of benzene rings is 2. The Morgan fingerprint density at radius 2 is 1.04 bits per heavy atom. The average Bonchev–Trinajstić information content (AvgIpc) is 3.05. The second-order valence-corrected chi connectivity index (χ2v) is 10.2. The molecule has 0 saturated carbocycles. The van der Waals surface area contributed by atoms with E-state index in [9.17, 15) is 19.2 Å². The Morgan fingerprint density at radius 1 is 0.667 bits per heavy atom. The number of rotatable bonds is 20. The molecular weight excluding hydrogens is 580 g/mol. The van der Waals surface area contributed by atoms with E-state index in [1.165, 1.54) is 0 Å². The van der Waals surface area contributed by atoms with Gasteiger partial charge in [0.15, 0.2) is 11.9 Å². The Bertz CT molecular complexity index is 1240. The van der Waals surface area contributed by atoms with Gasteiger partial charge in [-0.25, -0.2) is 9.59 Å². The number of guanidine groups is 2. The van der Waals surface area contributed by atoms with Gasteiger partial charge in [-0.15, -0.1) is 0 Å². The third-order valence-electron chi connectivity index (χ3n) is 6.49. The standard InChI is InChI=1S/C30H44N10O5/c31-21(17-19-9-3-1-4-10-19)25(41)39-23(13-7-15-37-29(33)34)27(43)45-28(44)24(14-8-16-38-30(35)36)40-26(42)22(32)18-20-11-5-2-6-12-20/h1-6,9-12,21-24H,7-8,13-18,31-32H2,(H,39,41)(H,40,42)(H4,33,34,37)(H4,35,36,38)/t21-,22-,23+,24+/m1/s1/i/hD2. The van der Waals surface area contributed by atoms with Crippen LogP contribution >= 0.6 is 0 Å². The smallest absolute Gasteiger partial charge is 0.336 e. The Labute approximate surface area is 265 Å². The summed E-state index contributed by atoms with van der Waals surface area (Å²) in [5, 5.41) is 5.11. The Balaban J connectivity index is 2.20. The topological polar surface area (TPSA) is 282 Å². The third-order valence-corrected chi connectivity index (χ3v) is 6.49. The number of nitrogens with zero attached hydrogens (tertiary/aromatic N) is 2. The second kappa shape index (κ2) is 19.3. The molecule has 0 bridgehead atoms. The number of amides is 2. The zero-order valence-corrected chi connectivity index (χ0v) is 25.0. The molecule has 0 unspecified atom stereocenters. The molecule has 0 aromatic heterocycles. The van der Waals surface area contributed by atoms with Crippen LogP contribution in [0.3, 0.4) is 0 Å². The van der Waals surface area contributed by atoms with Crippen LogP contribution in [0.25, 0.3) is 0 Å². The van der Waals surface area contributed by atoms with E-state index in [-0.39, 0.29) is 63.5 Å². The molecule has 0 aliphatic heterocycles. The van der Waals surface area contributed by atoms with Crippen LogP contribution in [-0.2, 0) is 36.8 Å². The van der Waals surface area contributed by atoms with Crippen molar-refractivity contribution in [2.24, 2.45) is 44.4 Å². The summed E-state index contributed by atoms with van der Waals surface area (Å²) in [6.07, 6.45) is 0.770. The first-order valence-electron chi connectivity index (χ1n) is 15.4. The van der Waals surface area contributed by atoms with Gasteiger partial charge in [0.1, 0.15) is 14.9 Å². The van der Waals surface area contributed by atoms with Crippen molar-refractivity contribution in [3.63, 3.8) is 0 Å². The van der Waals surface area contributed by atoms with E-state index >= 15 is 0 Å². The van der Waals surface area contributed by atoms with Crippen LogP contribution in [0.15, 0.2) is 70.6 Å². The Kier molecular flexibility index (Phi) is 14.1. The maximum atomic E-state index is 13.3. The van der Waals surface area contributed by atoms with Crippen molar-refractivity contribution in [1.29, 1.82) is 0 Å². The van der Waals surface area contributed by atoms with Crippen LogP contribution in [0.2, 0.25) is 2.82 Å². The molecule has 2 aromatic carbocycles. The third kappa shape index (κ3) is 14.3. The van der Waals surface area contributed by atoms with Gasteiger partial charge in [0.25, 0.3) is 0 Å². The summed E-state index contributed by atoms with van der Waals surface area (Å²) in [5.41, 5.74) is 27.5. The highest BCUT2D eigenvalue weighted by Crippen LogP contribution is 2.09. The van der Waals surface area contributed by atoms with Crippen molar-refractivity contribution in [3.05, 3.63) is 71.8 Å². The molecule has 0 aliphatic carbocycles. The summed E-state index contributed by atoms with van der Waals surface area (Å²) in [7, 11) is 0. The summed E-state index contributed by atoms with van der Waals surface area (Å²) in [6.45, 7) is 0.263. The van der Waals surface area contributed by atoms with Crippen molar-refractivity contribution in [2.45, 2.75) is 62.7 Å². The van der Waals surface area contributed by atoms with Gasteiger partial charge in [0, 0.05) is 13.1 Å². The lowest BCUT2D eigenvalue weighted by molar-refractivity contribution is -0.164. The largest absolute Gasteiger partial charge is 0.390 e. The van der Waals surface area contributed by atoms with Crippen LogP contribution < -0.4 is 45.0 Å². The average molecular weight is 627 g/mol. The highest BCUT2D eigenvalue weighted by atomic mass is 16.6. The maximum absolute atomic E-state index is 13.3. The van der Waals surface area contributed by atoms with Gasteiger partial charge < -0.3 is 49.8 Å². The van der Waals surface area contributed by atoms with E-state index in [4.69, 9.17) is 30.5 Å². The zero-order valence-electron chi connectivity index (χ0n) is 27.0. The molecule has 0 radical (unpaired) electrons. The fourth-order valence-corrected chi connectivity index (χ4v) is 4.18. The van der Waals surface area contributed by atoms with Crippen LogP contribution in [0.1, 0.15) is 36.8 Å². The fourth-order valence-electron chi connectivity index (χ4n) is 4.18. The summed E-state index contributed by atoms with van der Waals surface area (Å²) in [5.74, 6) is -3.83. The first-order chi connectivity index (χ1) is 22.5. The minimum absolute atomic E-state index is 0.00583. The minimum atomic E-state index is -1.31. The van der Waals surface area contributed by atoms with E-state index in [1.54, 1.807) is 48.5 Å². The van der Waals surface area contributed by atoms with Gasteiger partial charge in [0.2, 0.25) is 11.8 Å². The summed E-state index contributed by atoms with van der Waals surface area (Å²) in [6, 6.07) is 13.3. The molecule has 2 rings (SSSR count). The fraction of sp³-hybridized carbons (Fsp3) is 0.400. The number of hydrogen-bond donors (Lipinski definition) is 8. The quantitative estimate of drug-likeness (QED) is 0.0269. The molecule has 2 aromatic rings. The molecule has 4 atom stereocenters. The first-order valence-corrected chi connectivity index (χ1v) is 14.4. The number of nitrogens with two attached hydrogens (primary N) is 6. The van der Waals surface area contributed by atoms with E-state index in [0.29, 0.717) is 0 Å². The van der Waals surface area contributed by atoms with Crippen LogP contribution in [0.5, 0.6) is 0 Å². The van der Waals surface area contributed by atoms with Gasteiger partial charge in [-0.2, -0.15) is 0 Å². The van der Waals surface area contributed by atoms with Crippen molar-refractivity contribution in [1.82, 2.24) is 10.6 Å². The van der Waals surface area contributed by atoms with Crippen molar-refractivity contribution in [2.75, 3.05) is 13.1 Å². The van der Waals surface area contributed by atoms with Crippen LogP contribution in [-0.4, -0.2) is 72.9 Å². The van der Waals surface area contributed by atoms with Crippen molar-refractivity contribution >= 4 is 35.7 Å². The molecule has 0 saturated heterocycles. The second-order valence-electron chi connectivity index (χ2n) is 10.2. The Morgan fingerprint density at radius 3 is 1.38 bits per heavy atom. The molecule has 15 heteroatoms. The molecule has 0 fully saturated rings. The minimum Gasteiger partial charge on any atom is -0.390 e. The molecule has 2 amide bonds. The van der Waals surface area contributed by atoms with Crippen LogP contribution in [0.4, 0.5) is 0 Å². The first kappa shape index (κ1) is 32.9. The number of hydrogen-bond acceptors (Lipinski definition) is 9. The summed E-state index contributed by atoms with van der Waals surface area (Å²) >= 11 is 0. The Hall–Kier alpha value is -5.02. The molecule has 0 heterocycles. The van der Waals surface area contributed by atoms with Gasteiger partial charge in [-0.3, -0.25) is 19.6 Å². The molecule has 0 spiro atoms. The van der Waals surface area contributed by atoms with Gasteiger partial charge in [-0.1, -0.05) is 60.7 Å². The van der Waals surface area contributed by atoms with Gasteiger partial charge in [-0.05, 0) is 49.7 Å². The molecule has 14 N–H and O–H groups in total. The molecule has 244 valence electrons. The monoisotopic (exact) mass is 626 g/mol. The lowest BCUT2D eigenvalue weighted by Crippen LogP contribution is -2.52. The predicted molar refractivity (Wildman–Crippen MR) is 171 cm³/mol. The number of carbonyl (C=O) groups is 4. The molecule has 0 aliphatic rings. The van der Waals surface area contributed by atoms with Crippen molar-refractivity contribution < 1.29 is 26.7 Å². The van der Waals surface area contributed by atoms with Crippen molar-refractivity contribution in [3.8, 4) is 0 Å². The lowest BCUT2D eigenvalue weighted by atomic mass is 10.0. The number of esters is 2. The van der Waals surface area contributed by atoms with Crippen LogP contribution in [0, 0.1) is 0 Å². The normalized spacial score (nSPS) is 13.9. The zero-order chi connectivity index (χ0) is 34.6. The summed E-state index contributed by atoms with van der Waals surface area (Å²) in [4.78, 5) is 60.6. The molecule has 15 nitrogen and oxygen atoms in total. The summed E-state index contributed by atoms with van der Waals surface area (Å²) < 4.78 is 20.5. The SMILES string of the molecule is [2H]N[C@H](Cc1ccccc1)C(=O)N[C@@H](CCCN=C(N)N)C(=O)OC(=O)[C@H](CCCN=C(N)N)NC(=O)[C@@H](Cc1ccccc1)N[2H]. The van der Waals surface area contributed by atoms with E-state index in [1.807, 2.05) is 12.1 Å². The van der Waals surface area contributed by atoms with E-state index in [2.05, 4.69) is 32.1 Å².